The molecule has 0 spiro atoms. The first-order chi connectivity index (χ1) is 13.3. The first kappa shape index (κ1) is 21.8. The Morgan fingerprint density at radius 2 is 1.68 bits per heavy atom. The van der Waals surface area contributed by atoms with Gasteiger partial charge < -0.3 is 26.0 Å². The fraction of sp³-hybridized carbons (Fsp3) is 0.526. The highest BCUT2D eigenvalue weighted by molar-refractivity contribution is 5.94. The Bertz CT molecular complexity index is 718. The Morgan fingerprint density at radius 3 is 2.25 bits per heavy atom. The minimum atomic E-state index is -1.12. The van der Waals surface area contributed by atoms with Gasteiger partial charge in [0.2, 0.25) is 0 Å². The van der Waals surface area contributed by atoms with E-state index in [0.29, 0.717) is 18.2 Å². The molecule has 0 saturated carbocycles. The Hall–Kier alpha value is -2.49. The van der Waals surface area contributed by atoms with E-state index in [-0.39, 0.29) is 17.2 Å². The van der Waals surface area contributed by atoms with Gasteiger partial charge in [-0.15, -0.1) is 0 Å². The van der Waals surface area contributed by atoms with Crippen molar-refractivity contribution in [2.24, 2.45) is 0 Å². The number of piperidine rings is 1. The van der Waals surface area contributed by atoms with Crippen LogP contribution in [-0.2, 0) is 4.79 Å². The average molecular weight is 393 g/mol. The minimum Gasteiger partial charge on any atom is -0.480 e. The summed E-state index contributed by atoms with van der Waals surface area (Å²) in [4.78, 5) is 34.4. The summed E-state index contributed by atoms with van der Waals surface area (Å²) < 4.78 is 0. The molecule has 0 aliphatic carbocycles. The molecule has 2 aliphatic rings. The number of hydrogen-bond acceptors (Lipinski definition) is 6. The first-order valence-electron chi connectivity index (χ1n) is 9.28. The van der Waals surface area contributed by atoms with Crippen LogP contribution >= 0.6 is 0 Å². The van der Waals surface area contributed by atoms with Crippen LogP contribution in [0.4, 0.5) is 0 Å². The average Bonchev–Trinajstić information content (AvgIpc) is 2.69. The van der Waals surface area contributed by atoms with E-state index in [0.717, 1.165) is 45.1 Å². The normalized spacial score (nSPS) is 20.7. The van der Waals surface area contributed by atoms with Crippen molar-refractivity contribution in [2.45, 2.75) is 31.8 Å². The Kier molecular flexibility index (Phi) is 7.91. The summed E-state index contributed by atoms with van der Waals surface area (Å²) in [5.41, 5.74) is 0.570. The van der Waals surface area contributed by atoms with Crippen LogP contribution in [-0.4, -0.2) is 82.9 Å². The number of nitrogens with one attached hydrogen (secondary N) is 2. The van der Waals surface area contributed by atoms with Gasteiger partial charge in [0.15, 0.2) is 0 Å². The second kappa shape index (κ2) is 10.2. The van der Waals surface area contributed by atoms with Crippen molar-refractivity contribution in [1.29, 1.82) is 0 Å². The van der Waals surface area contributed by atoms with Crippen LogP contribution in [0.25, 0.3) is 0 Å². The van der Waals surface area contributed by atoms with E-state index in [1.807, 2.05) is 0 Å². The van der Waals surface area contributed by atoms with Crippen LogP contribution in [0.1, 0.15) is 39.1 Å². The summed E-state index contributed by atoms with van der Waals surface area (Å²) in [6, 6.07) is 4.13. The highest BCUT2D eigenvalue weighted by Crippen LogP contribution is 2.16. The number of carboxylic acids is 3. The summed E-state index contributed by atoms with van der Waals surface area (Å²) in [6.45, 7) is 6.01. The van der Waals surface area contributed by atoms with Gasteiger partial charge in [-0.25, -0.2) is 9.59 Å². The molecule has 0 aromatic heterocycles. The Labute approximate surface area is 163 Å². The number of nitrogens with zero attached hydrogens (tertiary/aromatic N) is 1. The number of benzene rings is 1. The maximum atomic E-state index is 11.1. The second-order valence-corrected chi connectivity index (χ2v) is 6.92. The summed E-state index contributed by atoms with van der Waals surface area (Å²) in [5.74, 6) is -2.93. The lowest BCUT2D eigenvalue weighted by Gasteiger charge is -2.41. The molecule has 1 aromatic rings. The van der Waals surface area contributed by atoms with Gasteiger partial charge in [0.05, 0.1) is 11.1 Å². The summed E-state index contributed by atoms with van der Waals surface area (Å²) in [5, 5.41) is 32.9. The quantitative estimate of drug-likeness (QED) is 0.494. The molecular weight excluding hydrogens is 366 g/mol. The molecule has 2 saturated heterocycles. The van der Waals surface area contributed by atoms with Crippen LogP contribution in [0.15, 0.2) is 18.2 Å². The molecule has 9 heteroatoms. The molecule has 3 rings (SSSR count). The van der Waals surface area contributed by atoms with Crippen LogP contribution in [0, 0.1) is 6.92 Å². The molecular formula is C19H27N3O6. The van der Waals surface area contributed by atoms with Gasteiger partial charge in [0.25, 0.3) is 0 Å². The summed E-state index contributed by atoms with van der Waals surface area (Å²) in [6.07, 6.45) is 2.15. The molecule has 1 aromatic carbocycles. The number of hydrogen-bond donors (Lipinski definition) is 5. The smallest absolute Gasteiger partial charge is 0.335 e. The molecule has 1 atom stereocenters. The van der Waals surface area contributed by atoms with Gasteiger partial charge in [-0.2, -0.15) is 0 Å². The largest absolute Gasteiger partial charge is 0.480 e. The van der Waals surface area contributed by atoms with E-state index < -0.39 is 17.9 Å². The van der Waals surface area contributed by atoms with E-state index >= 15 is 0 Å². The topological polar surface area (TPSA) is 139 Å². The maximum absolute atomic E-state index is 11.1. The third kappa shape index (κ3) is 5.75. The van der Waals surface area contributed by atoms with Gasteiger partial charge in [-0.05, 0) is 50.6 Å². The van der Waals surface area contributed by atoms with Crippen molar-refractivity contribution in [3.05, 3.63) is 34.9 Å². The molecule has 154 valence electrons. The van der Waals surface area contributed by atoms with E-state index in [1.165, 1.54) is 12.1 Å². The maximum Gasteiger partial charge on any atom is 0.335 e. The Morgan fingerprint density at radius 1 is 1.00 bits per heavy atom. The lowest BCUT2D eigenvalue weighted by atomic mass is 10.0. The second-order valence-electron chi connectivity index (χ2n) is 6.92. The lowest BCUT2D eigenvalue weighted by Crippen LogP contribution is -2.59. The van der Waals surface area contributed by atoms with Crippen LogP contribution in [0.2, 0.25) is 0 Å². The van der Waals surface area contributed by atoms with Crippen LogP contribution in [0.3, 0.4) is 0 Å². The molecule has 2 aliphatic heterocycles. The number of carbonyl (C=O) groups is 3. The fourth-order valence-electron chi connectivity index (χ4n) is 3.51. The first-order valence-corrected chi connectivity index (χ1v) is 9.28. The number of rotatable bonds is 4. The number of aromatic carboxylic acids is 2. The van der Waals surface area contributed by atoms with Gasteiger partial charge in [0, 0.05) is 25.7 Å². The molecule has 0 amide bonds. The molecule has 1 unspecified atom stereocenters. The predicted molar refractivity (Wildman–Crippen MR) is 102 cm³/mol. The van der Waals surface area contributed by atoms with E-state index in [9.17, 15) is 14.4 Å². The highest BCUT2D eigenvalue weighted by atomic mass is 16.4. The molecule has 2 heterocycles. The summed E-state index contributed by atoms with van der Waals surface area (Å²) in [7, 11) is 0. The number of piperazine rings is 1. The van der Waals surface area contributed by atoms with E-state index in [1.54, 1.807) is 6.92 Å². The van der Waals surface area contributed by atoms with Crippen LogP contribution in [0.5, 0.6) is 0 Å². The standard InChI is InChI=1S/C10H19N3O2.C9H8O4/c14-10(15)9-7-12-5-6-13(9)8-1-3-11-4-2-8;1-5-2-3-6(8(10)11)4-7(5)9(12)13/h8-9,11-12H,1-7H2,(H,14,15);2-4H,1H3,(H,10,11)(H,12,13). The van der Waals surface area contributed by atoms with Crippen molar-refractivity contribution < 1.29 is 29.7 Å². The van der Waals surface area contributed by atoms with Crippen molar-refractivity contribution in [2.75, 3.05) is 32.7 Å². The van der Waals surface area contributed by atoms with Crippen LogP contribution < -0.4 is 10.6 Å². The van der Waals surface area contributed by atoms with E-state index in [2.05, 4.69) is 15.5 Å². The SMILES string of the molecule is Cc1ccc(C(=O)O)cc1C(=O)O.O=C(O)C1CNCCN1C1CCNCC1. The van der Waals surface area contributed by atoms with Gasteiger partial charge in [-0.3, -0.25) is 9.69 Å². The predicted octanol–water partition coefficient (Wildman–Crippen LogP) is 0.488. The number of aliphatic carboxylic acids is 1. The molecule has 5 N–H and O–H groups in total. The number of aryl methyl sites for hydroxylation is 1. The molecule has 2 fully saturated rings. The zero-order valence-electron chi connectivity index (χ0n) is 15.9. The fourth-order valence-corrected chi connectivity index (χ4v) is 3.51. The van der Waals surface area contributed by atoms with Crippen molar-refractivity contribution >= 4 is 17.9 Å². The van der Waals surface area contributed by atoms with Gasteiger partial charge >= 0.3 is 17.9 Å². The molecule has 28 heavy (non-hydrogen) atoms. The van der Waals surface area contributed by atoms with Gasteiger partial charge in [0.1, 0.15) is 6.04 Å². The van der Waals surface area contributed by atoms with Crippen molar-refractivity contribution in [3.63, 3.8) is 0 Å². The molecule has 0 bridgehead atoms. The monoisotopic (exact) mass is 393 g/mol. The Balaban J connectivity index is 0.000000203. The van der Waals surface area contributed by atoms with Crippen molar-refractivity contribution in [3.8, 4) is 0 Å². The molecule has 0 radical (unpaired) electrons. The van der Waals surface area contributed by atoms with Gasteiger partial charge in [-0.1, -0.05) is 6.07 Å². The molecule has 9 nitrogen and oxygen atoms in total. The highest BCUT2D eigenvalue weighted by Gasteiger charge is 2.33. The zero-order valence-corrected chi connectivity index (χ0v) is 15.9. The van der Waals surface area contributed by atoms with E-state index in [4.69, 9.17) is 15.3 Å². The summed E-state index contributed by atoms with van der Waals surface area (Å²) >= 11 is 0. The third-order valence-electron chi connectivity index (χ3n) is 5.06. The zero-order chi connectivity index (χ0) is 20.7. The lowest BCUT2D eigenvalue weighted by molar-refractivity contribution is -0.145. The third-order valence-corrected chi connectivity index (χ3v) is 5.06. The van der Waals surface area contributed by atoms with Crippen molar-refractivity contribution in [1.82, 2.24) is 15.5 Å². The number of carboxylic acid groups (broad SMARTS) is 3. The minimum absolute atomic E-state index is 0.0111.